The van der Waals surface area contributed by atoms with E-state index >= 15 is 0 Å². The maximum absolute atomic E-state index is 12.3. The number of nitrogens with two attached hydrogens (primary N) is 1. The van der Waals surface area contributed by atoms with Crippen LogP contribution in [-0.4, -0.2) is 30.1 Å². The van der Waals surface area contributed by atoms with Gasteiger partial charge in [-0.1, -0.05) is 33.1 Å². The molecule has 1 aliphatic carbocycles. The first-order chi connectivity index (χ1) is 8.93. The average Bonchev–Trinajstić information content (AvgIpc) is 2.38. The lowest BCUT2D eigenvalue weighted by atomic mass is 9.73. The van der Waals surface area contributed by atoms with E-state index in [0.29, 0.717) is 6.54 Å². The minimum Gasteiger partial charge on any atom is -0.481 e. The quantitative estimate of drug-likeness (QED) is 0.679. The molecular formula is C14H26N2O3. The summed E-state index contributed by atoms with van der Waals surface area (Å²) in [5.41, 5.74) is 5.31. The number of nitrogens with one attached hydrogen (secondary N) is 1. The van der Waals surface area contributed by atoms with Gasteiger partial charge in [-0.05, 0) is 18.8 Å². The van der Waals surface area contributed by atoms with E-state index < -0.39 is 17.3 Å². The molecule has 0 radical (unpaired) electrons. The Morgan fingerprint density at radius 1 is 1.26 bits per heavy atom. The van der Waals surface area contributed by atoms with Crippen LogP contribution >= 0.6 is 0 Å². The summed E-state index contributed by atoms with van der Waals surface area (Å²) in [6, 6.07) is 0. The number of carbonyl (C=O) groups is 2. The first-order valence-corrected chi connectivity index (χ1v) is 7.14. The van der Waals surface area contributed by atoms with Gasteiger partial charge in [-0.2, -0.15) is 0 Å². The zero-order chi connectivity index (χ0) is 14.5. The Morgan fingerprint density at radius 3 is 2.26 bits per heavy atom. The molecule has 5 heteroatoms. The Balaban J connectivity index is 2.60. The molecule has 19 heavy (non-hydrogen) atoms. The number of hydrogen-bond acceptors (Lipinski definition) is 3. The highest BCUT2D eigenvalue weighted by Crippen LogP contribution is 2.35. The first-order valence-electron chi connectivity index (χ1n) is 7.14. The molecule has 1 fully saturated rings. The number of rotatable bonds is 6. The van der Waals surface area contributed by atoms with Crippen molar-refractivity contribution < 1.29 is 14.7 Å². The van der Waals surface area contributed by atoms with Gasteiger partial charge in [0.25, 0.3) is 0 Å². The summed E-state index contributed by atoms with van der Waals surface area (Å²) >= 11 is 0. The van der Waals surface area contributed by atoms with Crippen molar-refractivity contribution in [2.75, 3.05) is 13.1 Å². The van der Waals surface area contributed by atoms with Gasteiger partial charge in [0.15, 0.2) is 0 Å². The lowest BCUT2D eigenvalue weighted by Crippen LogP contribution is -2.49. The van der Waals surface area contributed by atoms with E-state index in [-0.39, 0.29) is 18.4 Å². The summed E-state index contributed by atoms with van der Waals surface area (Å²) in [7, 11) is 0. The highest BCUT2D eigenvalue weighted by Gasteiger charge is 2.38. The molecule has 1 aliphatic rings. The van der Waals surface area contributed by atoms with Gasteiger partial charge < -0.3 is 16.2 Å². The molecule has 0 aromatic carbocycles. The molecule has 1 saturated carbocycles. The standard InChI is InChI=1S/C14H26N2O3/c1-10(2)11(12(17)18)8-16-13(19)14(9-15)6-4-3-5-7-14/h10-11H,3-9,15H2,1-2H3,(H,16,19)(H,17,18). The number of hydrogen-bond donors (Lipinski definition) is 3. The van der Waals surface area contributed by atoms with Gasteiger partial charge in [0, 0.05) is 13.1 Å². The molecular weight excluding hydrogens is 244 g/mol. The van der Waals surface area contributed by atoms with E-state index in [1.54, 1.807) is 0 Å². The van der Waals surface area contributed by atoms with Crippen LogP contribution in [0.2, 0.25) is 0 Å². The maximum atomic E-state index is 12.3. The number of amides is 1. The average molecular weight is 270 g/mol. The molecule has 0 aromatic rings. The van der Waals surface area contributed by atoms with Crippen molar-refractivity contribution in [2.24, 2.45) is 23.0 Å². The third-order valence-electron chi connectivity index (χ3n) is 4.29. The van der Waals surface area contributed by atoms with E-state index in [2.05, 4.69) is 5.32 Å². The summed E-state index contributed by atoms with van der Waals surface area (Å²) < 4.78 is 0. The molecule has 110 valence electrons. The topological polar surface area (TPSA) is 92.4 Å². The molecule has 0 bridgehead atoms. The molecule has 5 nitrogen and oxygen atoms in total. The Morgan fingerprint density at radius 2 is 1.84 bits per heavy atom. The molecule has 0 saturated heterocycles. The van der Waals surface area contributed by atoms with Gasteiger partial charge >= 0.3 is 5.97 Å². The summed E-state index contributed by atoms with van der Waals surface area (Å²) in [5.74, 6) is -1.47. The Kier molecular flexibility index (Phi) is 5.79. The minimum absolute atomic E-state index is 0.00187. The predicted octanol–water partition coefficient (Wildman–Crippen LogP) is 1.37. The Labute approximate surface area is 114 Å². The van der Waals surface area contributed by atoms with Crippen LogP contribution in [0.25, 0.3) is 0 Å². The van der Waals surface area contributed by atoms with Gasteiger partial charge in [0.2, 0.25) is 5.91 Å². The molecule has 0 aliphatic heterocycles. The molecule has 1 rings (SSSR count). The molecule has 1 unspecified atom stereocenters. The lowest BCUT2D eigenvalue weighted by Gasteiger charge is -2.35. The minimum atomic E-state index is -0.860. The normalized spacial score (nSPS) is 20.0. The van der Waals surface area contributed by atoms with Gasteiger partial charge in [-0.3, -0.25) is 9.59 Å². The molecule has 1 atom stereocenters. The lowest BCUT2D eigenvalue weighted by molar-refractivity contribution is -0.143. The van der Waals surface area contributed by atoms with Crippen LogP contribution in [0.15, 0.2) is 0 Å². The molecule has 1 amide bonds. The summed E-state index contributed by atoms with van der Waals surface area (Å²) in [4.78, 5) is 23.4. The fourth-order valence-electron chi connectivity index (χ4n) is 2.75. The SMILES string of the molecule is CC(C)C(CNC(=O)C1(CN)CCCCC1)C(=O)O. The van der Waals surface area contributed by atoms with E-state index in [4.69, 9.17) is 10.8 Å². The van der Waals surface area contributed by atoms with Gasteiger partial charge in [-0.15, -0.1) is 0 Å². The van der Waals surface area contributed by atoms with Crippen LogP contribution in [0.1, 0.15) is 46.0 Å². The van der Waals surface area contributed by atoms with Gasteiger partial charge in [-0.25, -0.2) is 0 Å². The zero-order valence-electron chi connectivity index (χ0n) is 11.9. The maximum Gasteiger partial charge on any atom is 0.308 e. The number of carboxylic acids is 1. The smallest absolute Gasteiger partial charge is 0.308 e. The third kappa shape index (κ3) is 3.93. The van der Waals surface area contributed by atoms with E-state index in [1.807, 2.05) is 13.8 Å². The van der Waals surface area contributed by atoms with Crippen molar-refractivity contribution >= 4 is 11.9 Å². The summed E-state index contributed by atoms with van der Waals surface area (Å²) in [6.45, 7) is 4.24. The van der Waals surface area contributed by atoms with Crippen LogP contribution in [-0.2, 0) is 9.59 Å². The van der Waals surface area contributed by atoms with Crippen molar-refractivity contribution in [2.45, 2.75) is 46.0 Å². The predicted molar refractivity (Wildman–Crippen MR) is 73.5 cm³/mol. The second-order valence-electron chi connectivity index (χ2n) is 5.94. The largest absolute Gasteiger partial charge is 0.481 e. The highest BCUT2D eigenvalue weighted by molar-refractivity contribution is 5.83. The number of carbonyl (C=O) groups excluding carboxylic acids is 1. The first kappa shape index (κ1) is 16.0. The van der Waals surface area contributed by atoms with E-state index in [0.717, 1.165) is 32.1 Å². The van der Waals surface area contributed by atoms with Crippen LogP contribution in [0.5, 0.6) is 0 Å². The monoisotopic (exact) mass is 270 g/mol. The van der Waals surface area contributed by atoms with Gasteiger partial charge in [0.05, 0.1) is 11.3 Å². The van der Waals surface area contributed by atoms with Crippen LogP contribution in [0.3, 0.4) is 0 Å². The number of aliphatic carboxylic acids is 1. The fraction of sp³-hybridized carbons (Fsp3) is 0.857. The van der Waals surface area contributed by atoms with Crippen molar-refractivity contribution in [1.29, 1.82) is 0 Å². The molecule has 4 N–H and O–H groups in total. The Bertz CT molecular complexity index is 323. The second-order valence-corrected chi connectivity index (χ2v) is 5.94. The highest BCUT2D eigenvalue weighted by atomic mass is 16.4. The fourth-order valence-corrected chi connectivity index (χ4v) is 2.75. The summed E-state index contributed by atoms with van der Waals surface area (Å²) in [5, 5.41) is 11.9. The summed E-state index contributed by atoms with van der Waals surface area (Å²) in [6.07, 6.45) is 4.83. The molecule has 0 heterocycles. The molecule has 0 spiro atoms. The van der Waals surface area contributed by atoms with Crippen LogP contribution < -0.4 is 11.1 Å². The van der Waals surface area contributed by atoms with Crippen LogP contribution in [0, 0.1) is 17.3 Å². The van der Waals surface area contributed by atoms with Crippen LogP contribution in [0.4, 0.5) is 0 Å². The third-order valence-corrected chi connectivity index (χ3v) is 4.29. The van der Waals surface area contributed by atoms with E-state index in [1.165, 1.54) is 0 Å². The van der Waals surface area contributed by atoms with Crippen molar-refractivity contribution in [3.8, 4) is 0 Å². The molecule has 0 aromatic heterocycles. The Hall–Kier alpha value is -1.10. The van der Waals surface area contributed by atoms with Gasteiger partial charge in [0.1, 0.15) is 0 Å². The van der Waals surface area contributed by atoms with Crippen molar-refractivity contribution in [3.63, 3.8) is 0 Å². The number of carboxylic acid groups (broad SMARTS) is 1. The van der Waals surface area contributed by atoms with Crippen molar-refractivity contribution in [1.82, 2.24) is 5.32 Å². The second kappa shape index (κ2) is 6.89. The van der Waals surface area contributed by atoms with E-state index in [9.17, 15) is 9.59 Å². The van der Waals surface area contributed by atoms with Crippen molar-refractivity contribution in [3.05, 3.63) is 0 Å². The zero-order valence-corrected chi connectivity index (χ0v) is 11.9.